The molecule has 0 aliphatic carbocycles. The third-order valence-electron chi connectivity index (χ3n) is 2.24. The molecule has 8 heteroatoms. The first-order valence-corrected chi connectivity index (χ1v) is 6.94. The number of halogens is 2. The Labute approximate surface area is 114 Å². The topological polar surface area (TPSA) is 85.1 Å². The van der Waals surface area contributed by atoms with E-state index in [9.17, 15) is 12.8 Å². The van der Waals surface area contributed by atoms with Crippen molar-refractivity contribution in [2.75, 3.05) is 10.5 Å². The molecule has 1 heterocycles. The summed E-state index contributed by atoms with van der Waals surface area (Å²) in [6, 6.07) is 6.04. The van der Waals surface area contributed by atoms with Crippen molar-refractivity contribution in [3.63, 3.8) is 0 Å². The molecular formula is C11H9ClFN3O2S. The molecule has 0 spiro atoms. The van der Waals surface area contributed by atoms with E-state index in [1.807, 2.05) is 0 Å². The van der Waals surface area contributed by atoms with Gasteiger partial charge in [0.2, 0.25) is 0 Å². The predicted molar refractivity (Wildman–Crippen MR) is 70.9 cm³/mol. The molecular weight excluding hydrogens is 293 g/mol. The van der Waals surface area contributed by atoms with Crippen LogP contribution in [0.4, 0.5) is 15.9 Å². The number of hydrogen-bond acceptors (Lipinski definition) is 4. The maximum absolute atomic E-state index is 13.0. The highest BCUT2D eigenvalue weighted by Gasteiger charge is 2.16. The van der Waals surface area contributed by atoms with Gasteiger partial charge in [0, 0.05) is 6.20 Å². The third kappa shape index (κ3) is 3.12. The van der Waals surface area contributed by atoms with Crippen molar-refractivity contribution >= 4 is 33.1 Å². The second-order valence-electron chi connectivity index (χ2n) is 3.65. The van der Waals surface area contributed by atoms with Crippen LogP contribution in [-0.4, -0.2) is 13.4 Å². The lowest BCUT2D eigenvalue weighted by Gasteiger charge is -2.08. The van der Waals surface area contributed by atoms with Crippen LogP contribution in [0.15, 0.2) is 41.4 Å². The minimum Gasteiger partial charge on any atom is -0.396 e. The largest absolute Gasteiger partial charge is 0.396 e. The number of rotatable bonds is 3. The Morgan fingerprint density at radius 1 is 1.26 bits per heavy atom. The summed E-state index contributed by atoms with van der Waals surface area (Å²) in [6.07, 6.45) is 1.30. The van der Waals surface area contributed by atoms with Crippen LogP contribution >= 0.6 is 11.6 Å². The first-order valence-electron chi connectivity index (χ1n) is 5.08. The number of nitrogen functional groups attached to an aromatic ring is 1. The molecule has 0 aliphatic heterocycles. The van der Waals surface area contributed by atoms with E-state index in [0.717, 1.165) is 18.2 Å². The normalized spacial score (nSPS) is 11.3. The minimum absolute atomic E-state index is 0.104. The van der Waals surface area contributed by atoms with Gasteiger partial charge in [0.1, 0.15) is 11.6 Å². The fourth-order valence-corrected chi connectivity index (χ4v) is 2.48. The van der Waals surface area contributed by atoms with Crippen LogP contribution in [0.2, 0.25) is 5.02 Å². The molecule has 0 aliphatic rings. The molecule has 0 bridgehead atoms. The number of pyridine rings is 1. The number of nitrogens with two attached hydrogens (primary N) is 1. The Hall–Kier alpha value is -1.86. The highest BCUT2D eigenvalue weighted by Crippen LogP contribution is 2.19. The van der Waals surface area contributed by atoms with Gasteiger partial charge in [0.25, 0.3) is 10.0 Å². The zero-order valence-corrected chi connectivity index (χ0v) is 11.0. The lowest BCUT2D eigenvalue weighted by Crippen LogP contribution is -2.14. The number of sulfonamides is 1. The monoisotopic (exact) mass is 301 g/mol. The average molecular weight is 302 g/mol. The van der Waals surface area contributed by atoms with Crippen molar-refractivity contribution in [2.45, 2.75) is 4.90 Å². The molecule has 2 rings (SSSR count). The summed E-state index contributed by atoms with van der Waals surface area (Å²) in [7, 11) is -3.87. The van der Waals surface area contributed by atoms with Crippen LogP contribution in [0.25, 0.3) is 0 Å². The first-order chi connectivity index (χ1) is 8.88. The van der Waals surface area contributed by atoms with Gasteiger partial charge in [-0.2, -0.15) is 0 Å². The van der Waals surface area contributed by atoms with Crippen molar-refractivity contribution in [2.24, 2.45) is 0 Å². The van der Waals surface area contributed by atoms with Gasteiger partial charge < -0.3 is 5.73 Å². The summed E-state index contributed by atoms with van der Waals surface area (Å²) in [5, 5.41) is 0.383. The predicted octanol–water partition coefficient (Wildman–Crippen LogP) is 2.26. The van der Waals surface area contributed by atoms with Gasteiger partial charge in [-0.05, 0) is 30.3 Å². The first kappa shape index (κ1) is 13.6. The van der Waals surface area contributed by atoms with E-state index in [0.29, 0.717) is 5.02 Å². The zero-order valence-electron chi connectivity index (χ0n) is 9.47. The van der Waals surface area contributed by atoms with Crippen LogP contribution < -0.4 is 10.5 Å². The molecule has 0 unspecified atom stereocenters. The van der Waals surface area contributed by atoms with E-state index in [4.69, 9.17) is 17.3 Å². The van der Waals surface area contributed by atoms with E-state index >= 15 is 0 Å². The van der Waals surface area contributed by atoms with Crippen LogP contribution in [0, 0.1) is 5.82 Å². The maximum Gasteiger partial charge on any atom is 0.263 e. The van der Waals surface area contributed by atoms with Crippen molar-refractivity contribution in [1.29, 1.82) is 0 Å². The SMILES string of the molecule is Nc1cc(S(=O)(=O)Nc2ccc(Cl)cn2)ccc1F. The van der Waals surface area contributed by atoms with Gasteiger partial charge in [-0.3, -0.25) is 4.72 Å². The van der Waals surface area contributed by atoms with Crippen molar-refractivity contribution in [3.8, 4) is 0 Å². The number of aromatic nitrogens is 1. The average Bonchev–Trinajstić information content (AvgIpc) is 2.35. The Morgan fingerprint density at radius 2 is 2.00 bits per heavy atom. The summed E-state index contributed by atoms with van der Waals surface area (Å²) in [5.41, 5.74) is 5.09. The molecule has 1 aromatic heterocycles. The van der Waals surface area contributed by atoms with Gasteiger partial charge >= 0.3 is 0 Å². The molecule has 0 saturated heterocycles. The Morgan fingerprint density at radius 3 is 2.58 bits per heavy atom. The van der Waals surface area contributed by atoms with Crippen LogP contribution in [0.5, 0.6) is 0 Å². The fourth-order valence-electron chi connectivity index (χ4n) is 1.32. The molecule has 0 radical (unpaired) electrons. The van der Waals surface area contributed by atoms with Crippen LogP contribution in [0.3, 0.4) is 0 Å². The zero-order chi connectivity index (χ0) is 14.0. The summed E-state index contributed by atoms with van der Waals surface area (Å²) in [6.45, 7) is 0. The second kappa shape index (κ2) is 5.02. The van der Waals surface area contributed by atoms with Crippen molar-refractivity contribution < 1.29 is 12.8 Å². The molecule has 3 N–H and O–H groups in total. The van der Waals surface area contributed by atoms with Gasteiger partial charge in [0.15, 0.2) is 0 Å². The molecule has 19 heavy (non-hydrogen) atoms. The summed E-state index contributed by atoms with van der Waals surface area (Å²) in [5.74, 6) is -0.573. The van der Waals surface area contributed by atoms with Gasteiger partial charge in [-0.1, -0.05) is 11.6 Å². The molecule has 0 fully saturated rings. The summed E-state index contributed by atoms with van der Waals surface area (Å²) in [4.78, 5) is 3.65. The van der Waals surface area contributed by atoms with E-state index in [2.05, 4.69) is 9.71 Å². The molecule has 0 amide bonds. The maximum atomic E-state index is 13.0. The van der Waals surface area contributed by atoms with Gasteiger partial charge in [0.05, 0.1) is 15.6 Å². The standard InChI is InChI=1S/C11H9ClFN3O2S/c12-7-1-4-11(15-6-7)16-19(17,18)8-2-3-9(13)10(14)5-8/h1-6H,14H2,(H,15,16). The van der Waals surface area contributed by atoms with Crippen molar-refractivity contribution in [1.82, 2.24) is 4.98 Å². The molecule has 1 aromatic carbocycles. The van der Waals surface area contributed by atoms with Crippen LogP contribution in [0.1, 0.15) is 0 Å². The molecule has 0 saturated carbocycles. The van der Waals surface area contributed by atoms with E-state index in [-0.39, 0.29) is 16.4 Å². The lowest BCUT2D eigenvalue weighted by atomic mass is 10.3. The highest BCUT2D eigenvalue weighted by atomic mass is 35.5. The van der Waals surface area contributed by atoms with Crippen LogP contribution in [-0.2, 0) is 10.0 Å². The lowest BCUT2D eigenvalue weighted by molar-refractivity contribution is 0.600. The number of hydrogen-bond donors (Lipinski definition) is 2. The quantitative estimate of drug-likeness (QED) is 0.852. The number of benzene rings is 1. The smallest absolute Gasteiger partial charge is 0.263 e. The number of nitrogens with one attached hydrogen (secondary N) is 1. The third-order valence-corrected chi connectivity index (χ3v) is 3.82. The van der Waals surface area contributed by atoms with Crippen molar-refractivity contribution in [3.05, 3.63) is 47.4 Å². The van der Waals surface area contributed by atoms with E-state index in [1.165, 1.54) is 18.3 Å². The summed E-state index contributed by atoms with van der Waals surface area (Å²) >= 11 is 5.64. The van der Waals surface area contributed by atoms with Gasteiger partial charge in [-0.15, -0.1) is 0 Å². The second-order valence-corrected chi connectivity index (χ2v) is 5.77. The van der Waals surface area contributed by atoms with E-state index < -0.39 is 15.8 Å². The Kier molecular flexibility index (Phi) is 3.59. The molecule has 2 aromatic rings. The Balaban J connectivity index is 2.32. The number of nitrogens with zero attached hydrogens (tertiary/aromatic N) is 1. The fraction of sp³-hybridized carbons (Fsp3) is 0. The highest BCUT2D eigenvalue weighted by molar-refractivity contribution is 7.92. The minimum atomic E-state index is -3.87. The molecule has 5 nitrogen and oxygen atoms in total. The van der Waals surface area contributed by atoms with E-state index in [1.54, 1.807) is 0 Å². The summed E-state index contributed by atoms with van der Waals surface area (Å²) < 4.78 is 39.2. The molecule has 100 valence electrons. The van der Waals surface area contributed by atoms with Gasteiger partial charge in [-0.25, -0.2) is 17.8 Å². The Bertz CT molecular complexity index is 704. The number of anilines is 2. The molecule has 0 atom stereocenters.